The van der Waals surface area contributed by atoms with Crippen molar-refractivity contribution >= 4 is 5.91 Å². The highest BCUT2D eigenvalue weighted by Crippen LogP contribution is 2.35. The molecule has 0 radical (unpaired) electrons. The summed E-state index contributed by atoms with van der Waals surface area (Å²) in [5, 5.41) is 0. The van der Waals surface area contributed by atoms with Gasteiger partial charge in [0.25, 0.3) is 5.91 Å². The zero-order valence-electron chi connectivity index (χ0n) is 15.4. The maximum atomic E-state index is 12.2. The Bertz CT molecular complexity index is 745. The molecule has 24 heavy (non-hydrogen) atoms. The van der Waals surface area contributed by atoms with Crippen LogP contribution in [0, 0.1) is 13.8 Å². The van der Waals surface area contributed by atoms with Crippen LogP contribution in [0.5, 0.6) is 5.75 Å². The van der Waals surface area contributed by atoms with E-state index < -0.39 is 0 Å². The summed E-state index contributed by atoms with van der Waals surface area (Å²) in [7, 11) is 1.67. The van der Waals surface area contributed by atoms with Crippen LogP contribution in [-0.4, -0.2) is 17.6 Å². The summed E-state index contributed by atoms with van der Waals surface area (Å²) in [6.07, 6.45) is 3.06. The molecule has 0 spiro atoms. The minimum Gasteiger partial charge on any atom is -0.496 e. The third-order valence-corrected chi connectivity index (χ3v) is 4.63. The van der Waals surface area contributed by atoms with E-state index in [1.54, 1.807) is 7.11 Å². The van der Waals surface area contributed by atoms with Crippen molar-refractivity contribution in [2.45, 2.75) is 53.5 Å². The van der Waals surface area contributed by atoms with Crippen LogP contribution in [0.25, 0.3) is 11.1 Å². The van der Waals surface area contributed by atoms with Gasteiger partial charge < -0.3 is 15.0 Å². The molecule has 0 aliphatic heterocycles. The topological polar surface area (TPSA) is 57.2 Å². The summed E-state index contributed by atoms with van der Waals surface area (Å²) >= 11 is 0. The van der Waals surface area contributed by atoms with E-state index in [0.717, 1.165) is 53.9 Å². The lowest BCUT2D eigenvalue weighted by atomic mass is 9.97. The van der Waals surface area contributed by atoms with Crippen LogP contribution in [0.15, 0.2) is 18.2 Å². The fourth-order valence-electron chi connectivity index (χ4n) is 3.43. The molecule has 4 nitrogen and oxygen atoms in total. The molecule has 1 aromatic heterocycles. The number of primary amides is 1. The number of unbranched alkanes of at least 4 members (excludes halogenated alkanes) is 1. The van der Waals surface area contributed by atoms with Crippen molar-refractivity contribution in [3.63, 3.8) is 0 Å². The molecule has 4 heteroatoms. The van der Waals surface area contributed by atoms with Gasteiger partial charge in [-0.3, -0.25) is 4.79 Å². The molecule has 1 amide bonds. The van der Waals surface area contributed by atoms with Crippen molar-refractivity contribution in [1.29, 1.82) is 0 Å². The van der Waals surface area contributed by atoms with Gasteiger partial charge in [0.1, 0.15) is 5.75 Å². The maximum absolute atomic E-state index is 12.2. The minimum atomic E-state index is -0.360. The van der Waals surface area contributed by atoms with Crippen molar-refractivity contribution in [2.75, 3.05) is 7.11 Å². The van der Waals surface area contributed by atoms with Crippen LogP contribution in [0.4, 0.5) is 0 Å². The highest BCUT2D eigenvalue weighted by molar-refractivity contribution is 6.02. The van der Waals surface area contributed by atoms with Gasteiger partial charge in [0.2, 0.25) is 0 Å². The molecular formula is C20H28N2O2. The SMILES string of the molecule is CCCCn1c(C)c(C(N)=O)c(-c2ccc(OC)c(C)c2)c1CC. The molecule has 0 saturated heterocycles. The van der Waals surface area contributed by atoms with Crippen molar-refractivity contribution < 1.29 is 9.53 Å². The number of aryl methyl sites for hydroxylation is 1. The van der Waals surface area contributed by atoms with Crippen LogP contribution >= 0.6 is 0 Å². The van der Waals surface area contributed by atoms with E-state index in [-0.39, 0.29) is 5.91 Å². The van der Waals surface area contributed by atoms with Crippen LogP contribution in [0.3, 0.4) is 0 Å². The van der Waals surface area contributed by atoms with Gasteiger partial charge in [0.05, 0.1) is 12.7 Å². The Hall–Kier alpha value is -2.23. The number of hydrogen-bond donors (Lipinski definition) is 1. The molecule has 0 saturated carbocycles. The van der Waals surface area contributed by atoms with Crippen LogP contribution in [-0.2, 0) is 13.0 Å². The van der Waals surface area contributed by atoms with E-state index in [1.807, 2.05) is 26.0 Å². The number of amides is 1. The average molecular weight is 328 g/mol. The first-order chi connectivity index (χ1) is 11.5. The molecule has 0 unspecified atom stereocenters. The first kappa shape index (κ1) is 18.1. The zero-order valence-corrected chi connectivity index (χ0v) is 15.4. The fraction of sp³-hybridized carbons (Fsp3) is 0.450. The van der Waals surface area contributed by atoms with E-state index in [1.165, 1.54) is 5.69 Å². The minimum absolute atomic E-state index is 0.360. The standard InChI is InChI=1S/C20H28N2O2/c1-6-8-11-22-14(4)18(20(21)23)19(16(22)7-2)15-9-10-17(24-5)13(3)12-15/h9-10,12H,6-8,11H2,1-5H3,(H2,21,23). The highest BCUT2D eigenvalue weighted by Gasteiger charge is 2.24. The molecule has 0 aliphatic rings. The monoisotopic (exact) mass is 328 g/mol. The number of aromatic nitrogens is 1. The number of nitrogens with zero attached hydrogens (tertiary/aromatic N) is 1. The van der Waals surface area contributed by atoms with Crippen molar-refractivity contribution in [1.82, 2.24) is 4.57 Å². The highest BCUT2D eigenvalue weighted by atomic mass is 16.5. The molecular weight excluding hydrogens is 300 g/mol. The first-order valence-corrected chi connectivity index (χ1v) is 8.62. The van der Waals surface area contributed by atoms with Gasteiger partial charge in [-0.2, -0.15) is 0 Å². The zero-order chi connectivity index (χ0) is 17.9. The summed E-state index contributed by atoms with van der Waals surface area (Å²) in [5.74, 6) is 0.487. The van der Waals surface area contributed by atoms with E-state index in [0.29, 0.717) is 5.56 Å². The van der Waals surface area contributed by atoms with Crippen molar-refractivity contribution in [3.05, 3.63) is 40.7 Å². The molecule has 0 fully saturated rings. The number of rotatable bonds is 7. The summed E-state index contributed by atoms with van der Waals surface area (Å²) < 4.78 is 7.62. The molecule has 0 bridgehead atoms. The van der Waals surface area contributed by atoms with Gasteiger partial charge in [0, 0.05) is 23.5 Å². The fourth-order valence-corrected chi connectivity index (χ4v) is 3.43. The van der Waals surface area contributed by atoms with Crippen LogP contribution in [0.2, 0.25) is 0 Å². The van der Waals surface area contributed by atoms with Gasteiger partial charge in [-0.05, 0) is 49.9 Å². The Morgan fingerprint density at radius 3 is 2.46 bits per heavy atom. The number of benzene rings is 1. The number of carbonyl (C=O) groups excluding carboxylic acids is 1. The molecule has 1 aromatic carbocycles. The Morgan fingerprint density at radius 2 is 1.96 bits per heavy atom. The second kappa shape index (κ2) is 7.56. The molecule has 2 rings (SSSR count). The van der Waals surface area contributed by atoms with Gasteiger partial charge >= 0.3 is 0 Å². The van der Waals surface area contributed by atoms with E-state index in [4.69, 9.17) is 10.5 Å². The van der Waals surface area contributed by atoms with Gasteiger partial charge in [-0.15, -0.1) is 0 Å². The Labute approximate surface area is 144 Å². The van der Waals surface area contributed by atoms with E-state index >= 15 is 0 Å². The summed E-state index contributed by atoms with van der Waals surface area (Å²) in [6, 6.07) is 6.04. The van der Waals surface area contributed by atoms with Crippen molar-refractivity contribution in [3.8, 4) is 16.9 Å². The molecule has 2 N–H and O–H groups in total. The van der Waals surface area contributed by atoms with Gasteiger partial charge in [-0.25, -0.2) is 0 Å². The summed E-state index contributed by atoms with van der Waals surface area (Å²) in [5.41, 5.74) is 11.6. The Morgan fingerprint density at radius 1 is 1.25 bits per heavy atom. The lowest BCUT2D eigenvalue weighted by Crippen LogP contribution is -2.13. The largest absolute Gasteiger partial charge is 0.496 e. The second-order valence-electron chi connectivity index (χ2n) is 6.19. The number of hydrogen-bond acceptors (Lipinski definition) is 2. The van der Waals surface area contributed by atoms with Crippen LogP contribution < -0.4 is 10.5 Å². The third kappa shape index (κ3) is 3.18. The smallest absolute Gasteiger partial charge is 0.251 e. The first-order valence-electron chi connectivity index (χ1n) is 8.62. The quantitative estimate of drug-likeness (QED) is 0.826. The molecule has 0 aliphatic carbocycles. The Balaban J connectivity index is 2.71. The number of carbonyl (C=O) groups is 1. The molecule has 0 atom stereocenters. The van der Waals surface area contributed by atoms with E-state index in [9.17, 15) is 4.79 Å². The Kier molecular flexibility index (Phi) is 5.71. The van der Waals surface area contributed by atoms with Gasteiger partial charge in [-0.1, -0.05) is 26.3 Å². The summed E-state index contributed by atoms with van der Waals surface area (Å²) in [4.78, 5) is 12.2. The average Bonchev–Trinajstić information content (AvgIpc) is 2.84. The molecule has 1 heterocycles. The normalized spacial score (nSPS) is 10.9. The molecule has 130 valence electrons. The van der Waals surface area contributed by atoms with E-state index in [2.05, 4.69) is 24.5 Å². The number of ether oxygens (including phenoxy) is 1. The number of methoxy groups -OCH3 is 1. The second-order valence-corrected chi connectivity index (χ2v) is 6.19. The lowest BCUT2D eigenvalue weighted by molar-refractivity contribution is 0.1000. The molecule has 2 aromatic rings. The predicted molar refractivity (Wildman–Crippen MR) is 98.7 cm³/mol. The van der Waals surface area contributed by atoms with Gasteiger partial charge in [0.15, 0.2) is 0 Å². The van der Waals surface area contributed by atoms with Crippen LogP contribution in [0.1, 0.15) is 54.0 Å². The maximum Gasteiger partial charge on any atom is 0.251 e. The third-order valence-electron chi connectivity index (χ3n) is 4.63. The number of nitrogens with two attached hydrogens (primary N) is 1. The summed E-state index contributed by atoms with van der Waals surface area (Å²) in [6.45, 7) is 9.23. The van der Waals surface area contributed by atoms with Crippen molar-refractivity contribution in [2.24, 2.45) is 5.73 Å². The lowest BCUT2D eigenvalue weighted by Gasteiger charge is -2.12. The predicted octanol–water partition coefficient (Wildman–Crippen LogP) is 4.24.